The molecule has 35 unspecified atom stereocenters. The van der Waals surface area contributed by atoms with Crippen LogP contribution in [0.1, 0.15) is 96.9 Å². The number of aliphatic hydroxyl groups is 7. The minimum absolute atomic E-state index is 0.0159. The lowest BCUT2D eigenvalue weighted by Crippen LogP contribution is -2.69. The molecule has 0 amide bonds. The maximum atomic E-state index is 12.8. The molecule has 21 aliphatic heterocycles. The third-order valence-electron chi connectivity index (χ3n) is 19.3. The molecule has 21 heterocycles. The standard InChI is InChI=1S/C70H126O35/c1-15-78-29-36-50-43(71)57(85-22-8)64(92-36)100-51-37(30-79-16-2)94-66(59(44(51)72)87-24-10)102-53-39(32-81-18-4)96-68(61(46(53)74)89-26-12)104-55-41(34-83-20-6)98-70(63(48(55)76)91-28-14)105-56-42(35-84-21-7)97-69(62(49(56)77)90-27-13)103-54-40(33-82-19-5)95-67(60(47(54)75)88-25-11)101-52-38(31-80-17-3)93-65(99-50)58(45(52)73)86-23-9/h36-77H,15-35H2,1-14H3. The Morgan fingerprint density at radius 2 is 0.286 bits per heavy atom. The Labute approximate surface area is 617 Å². The fourth-order valence-electron chi connectivity index (χ4n) is 14.5. The Morgan fingerprint density at radius 3 is 0.381 bits per heavy atom. The minimum Gasteiger partial charge on any atom is -0.387 e. The van der Waals surface area contributed by atoms with Crippen LogP contribution in [0.15, 0.2) is 0 Å². The van der Waals surface area contributed by atoms with E-state index in [4.69, 9.17) is 133 Å². The summed E-state index contributed by atoms with van der Waals surface area (Å²) >= 11 is 0. The molecule has 35 nitrogen and oxygen atoms in total. The van der Waals surface area contributed by atoms with Crippen molar-refractivity contribution in [1.29, 1.82) is 0 Å². The zero-order valence-corrected chi connectivity index (χ0v) is 63.6. The zero-order valence-electron chi connectivity index (χ0n) is 63.6. The van der Waals surface area contributed by atoms with Gasteiger partial charge in [-0.2, -0.15) is 0 Å². The molecule has 35 heteroatoms. The molecule has 0 aromatic carbocycles. The fourth-order valence-corrected chi connectivity index (χ4v) is 14.5. The van der Waals surface area contributed by atoms with Gasteiger partial charge < -0.3 is 168 Å². The zero-order chi connectivity index (χ0) is 75.9. The van der Waals surface area contributed by atoms with E-state index in [0.29, 0.717) is 0 Å². The Kier molecular flexibility index (Phi) is 38.6. The van der Waals surface area contributed by atoms with Crippen molar-refractivity contribution in [3.05, 3.63) is 0 Å². The van der Waals surface area contributed by atoms with Crippen LogP contribution >= 0.6 is 0 Å². The van der Waals surface area contributed by atoms with Gasteiger partial charge in [-0.25, -0.2) is 0 Å². The number of aliphatic hydroxyl groups excluding tert-OH is 7. The van der Waals surface area contributed by atoms with E-state index in [0.717, 1.165) is 0 Å². The van der Waals surface area contributed by atoms with Crippen LogP contribution in [-0.2, 0) is 133 Å². The molecule has 21 aliphatic rings. The van der Waals surface area contributed by atoms with Crippen molar-refractivity contribution in [2.45, 2.75) is 312 Å². The summed E-state index contributed by atoms with van der Waals surface area (Å²) < 4.78 is 181. The highest BCUT2D eigenvalue weighted by Crippen LogP contribution is 2.42. The lowest BCUT2D eigenvalue weighted by Gasteiger charge is -2.51. The number of hydrogen-bond acceptors (Lipinski definition) is 35. The van der Waals surface area contributed by atoms with E-state index in [-0.39, 0.29) is 139 Å². The van der Waals surface area contributed by atoms with E-state index < -0.39 is 215 Å². The quantitative estimate of drug-likeness (QED) is 0.0416. The van der Waals surface area contributed by atoms with Gasteiger partial charge in [0.2, 0.25) is 0 Å². The Hall–Kier alpha value is -1.40. The smallest absolute Gasteiger partial charge is 0.187 e. The Morgan fingerprint density at radius 1 is 0.171 bits per heavy atom. The first-order valence-electron chi connectivity index (χ1n) is 38.2. The first-order chi connectivity index (χ1) is 50.9. The van der Waals surface area contributed by atoms with Crippen molar-refractivity contribution in [2.24, 2.45) is 0 Å². The lowest BCUT2D eigenvalue weighted by atomic mass is 9.94. The normalized spacial score (nSPS) is 43.8. The summed E-state index contributed by atoms with van der Waals surface area (Å²) in [5.74, 6) is 0. The van der Waals surface area contributed by atoms with Crippen LogP contribution in [0.2, 0.25) is 0 Å². The summed E-state index contributed by atoms with van der Waals surface area (Å²) in [5, 5.41) is 89.7. The van der Waals surface area contributed by atoms with Crippen molar-refractivity contribution < 1.29 is 168 Å². The van der Waals surface area contributed by atoms with Crippen LogP contribution in [0.3, 0.4) is 0 Å². The summed E-state index contributed by atoms with van der Waals surface area (Å²) in [7, 11) is 0. The topological polar surface area (TPSA) is 400 Å². The maximum absolute atomic E-state index is 12.8. The van der Waals surface area contributed by atoms with Crippen molar-refractivity contribution in [3.63, 3.8) is 0 Å². The molecular weight excluding hydrogens is 1400 g/mol. The first kappa shape index (κ1) is 89.2. The monoisotopic (exact) mass is 1530 g/mol. The van der Waals surface area contributed by atoms with Gasteiger partial charge in [0, 0.05) is 92.5 Å². The van der Waals surface area contributed by atoms with Crippen LogP contribution < -0.4 is 0 Å². The molecule has 0 spiro atoms. The molecular formula is C70H126O35. The molecule has 0 saturated carbocycles. The average Bonchev–Trinajstić information content (AvgIpc) is 0.787. The molecule has 105 heavy (non-hydrogen) atoms. The van der Waals surface area contributed by atoms with Gasteiger partial charge in [-0.3, -0.25) is 0 Å². The molecule has 0 radical (unpaired) electrons. The van der Waals surface area contributed by atoms with Crippen molar-refractivity contribution in [2.75, 3.05) is 139 Å². The van der Waals surface area contributed by atoms with Crippen LogP contribution in [0.25, 0.3) is 0 Å². The number of rotatable bonds is 35. The molecule has 35 atom stereocenters. The highest BCUT2D eigenvalue weighted by molar-refractivity contribution is 5.03. The van der Waals surface area contributed by atoms with Gasteiger partial charge in [-0.1, -0.05) is 0 Å². The SMILES string of the molecule is CCOCC1OC2OC3C(COCC)OC(OC4C(COCC)OC(OC5C(COCC)OC(OC6C(COCC)OC(OC7C(COCC)OC(OC8C(COCC)OC(OC1C(O)C2OCC)C(OCC)C8O)C(OCC)C7O)C(OCC)C6O)C(OCC)C5O)C(OCC)C4O)C(OCC)C3O. The van der Waals surface area contributed by atoms with Crippen LogP contribution in [0, 0.1) is 0 Å². The van der Waals surface area contributed by atoms with Crippen molar-refractivity contribution in [1.82, 2.24) is 0 Å². The number of hydrogen-bond donors (Lipinski definition) is 7. The van der Waals surface area contributed by atoms with E-state index in [9.17, 15) is 35.7 Å². The van der Waals surface area contributed by atoms with Gasteiger partial charge in [-0.05, 0) is 96.9 Å². The summed E-state index contributed by atoms with van der Waals surface area (Å²) in [6, 6.07) is 0. The summed E-state index contributed by atoms with van der Waals surface area (Å²) in [6.07, 6.45) is -49.4. The van der Waals surface area contributed by atoms with E-state index in [2.05, 4.69) is 0 Å². The van der Waals surface area contributed by atoms with Crippen LogP contribution in [-0.4, -0.2) is 389 Å². The first-order valence-corrected chi connectivity index (χ1v) is 38.2. The average molecular weight is 1530 g/mol. The maximum Gasteiger partial charge on any atom is 0.187 e. The summed E-state index contributed by atoms with van der Waals surface area (Å²) in [5.41, 5.74) is 0. The fraction of sp³-hybridized carbons (Fsp3) is 1.00. The molecule has 0 aromatic rings. The number of ether oxygens (including phenoxy) is 28. The highest BCUT2D eigenvalue weighted by atomic mass is 16.8. The molecule has 7 N–H and O–H groups in total. The van der Waals surface area contributed by atoms with E-state index in [1.54, 1.807) is 96.9 Å². The summed E-state index contributed by atoms with van der Waals surface area (Å²) in [6.45, 7) is 24.5. The molecule has 21 rings (SSSR count). The van der Waals surface area contributed by atoms with E-state index in [1.165, 1.54) is 0 Å². The minimum atomic E-state index is -1.62. The van der Waals surface area contributed by atoms with E-state index in [1.807, 2.05) is 0 Å². The summed E-state index contributed by atoms with van der Waals surface area (Å²) in [4.78, 5) is 0. The second kappa shape index (κ2) is 45.5. The van der Waals surface area contributed by atoms with Gasteiger partial charge >= 0.3 is 0 Å². The van der Waals surface area contributed by atoms with Gasteiger partial charge in [0.05, 0.1) is 46.2 Å². The third-order valence-corrected chi connectivity index (χ3v) is 19.3. The predicted molar refractivity (Wildman–Crippen MR) is 360 cm³/mol. The molecule has 0 aliphatic carbocycles. The second-order valence-corrected chi connectivity index (χ2v) is 26.0. The van der Waals surface area contributed by atoms with Gasteiger partial charge in [0.1, 0.15) is 171 Å². The Balaban J connectivity index is 1.25. The van der Waals surface area contributed by atoms with Crippen molar-refractivity contribution in [3.8, 4) is 0 Å². The molecule has 21 fully saturated rings. The largest absolute Gasteiger partial charge is 0.387 e. The lowest BCUT2D eigenvalue weighted by molar-refractivity contribution is -0.402. The highest BCUT2D eigenvalue weighted by Gasteiger charge is 2.61. The predicted octanol–water partition coefficient (Wildman–Crippen LogP) is -0.612. The third kappa shape index (κ3) is 22.3. The molecule has 14 bridgehead atoms. The van der Waals surface area contributed by atoms with Gasteiger partial charge in [0.25, 0.3) is 0 Å². The van der Waals surface area contributed by atoms with E-state index >= 15 is 0 Å². The molecule has 21 saturated heterocycles. The van der Waals surface area contributed by atoms with Gasteiger partial charge in [-0.15, -0.1) is 0 Å². The van der Waals surface area contributed by atoms with Gasteiger partial charge in [0.15, 0.2) is 44.0 Å². The molecule has 0 aromatic heterocycles. The van der Waals surface area contributed by atoms with Crippen molar-refractivity contribution >= 4 is 0 Å². The van der Waals surface area contributed by atoms with Crippen LogP contribution in [0.5, 0.6) is 0 Å². The second-order valence-electron chi connectivity index (χ2n) is 26.0. The molecule has 616 valence electrons. The van der Waals surface area contributed by atoms with Crippen LogP contribution in [0.4, 0.5) is 0 Å². The Bertz CT molecular complexity index is 1890.